The van der Waals surface area contributed by atoms with Crippen LogP contribution >= 0.6 is 24.0 Å². The quantitative estimate of drug-likeness (QED) is 0.880. The molecule has 1 saturated heterocycles. The van der Waals surface area contributed by atoms with Gasteiger partial charge in [0.1, 0.15) is 17.7 Å². The molecule has 1 N–H and O–H groups in total. The molecule has 5 heteroatoms. The summed E-state index contributed by atoms with van der Waals surface area (Å²) in [5, 5.41) is 3.37. The van der Waals surface area contributed by atoms with E-state index in [1.807, 2.05) is 37.3 Å². The molecule has 0 radical (unpaired) electrons. The average molecular weight is 342 g/mol. The van der Waals surface area contributed by atoms with Crippen molar-refractivity contribution in [1.82, 2.24) is 5.32 Å². The van der Waals surface area contributed by atoms with Gasteiger partial charge in [0.05, 0.1) is 5.02 Å². The standard InChI is InChI=1S/C17H17ClFNO.ClH/c1-11-2-5-14(6-3-11)21-17(13-9-20-10-13)12-4-7-15(18)16(19)8-12;/h2-8,13,17,20H,9-10H2,1H3;1H/t17-;/m0./s1. The minimum atomic E-state index is -0.404. The molecule has 0 amide bonds. The third kappa shape index (κ3) is 3.72. The second-order valence-corrected chi connectivity index (χ2v) is 5.85. The van der Waals surface area contributed by atoms with Gasteiger partial charge in [0, 0.05) is 19.0 Å². The van der Waals surface area contributed by atoms with E-state index in [-0.39, 0.29) is 23.5 Å². The number of benzene rings is 2. The van der Waals surface area contributed by atoms with Crippen LogP contribution in [-0.4, -0.2) is 13.1 Å². The number of hydrogen-bond donors (Lipinski definition) is 1. The largest absolute Gasteiger partial charge is 0.485 e. The molecule has 2 aromatic rings. The molecule has 0 unspecified atom stereocenters. The fourth-order valence-electron chi connectivity index (χ4n) is 2.41. The van der Waals surface area contributed by atoms with Gasteiger partial charge in [0.2, 0.25) is 0 Å². The maximum Gasteiger partial charge on any atom is 0.142 e. The highest BCUT2D eigenvalue weighted by molar-refractivity contribution is 6.30. The van der Waals surface area contributed by atoms with Gasteiger partial charge in [-0.3, -0.25) is 0 Å². The van der Waals surface area contributed by atoms with Crippen LogP contribution in [-0.2, 0) is 0 Å². The van der Waals surface area contributed by atoms with Gasteiger partial charge in [0.15, 0.2) is 0 Å². The van der Waals surface area contributed by atoms with Crippen molar-refractivity contribution in [2.75, 3.05) is 13.1 Å². The topological polar surface area (TPSA) is 21.3 Å². The highest BCUT2D eigenvalue weighted by Crippen LogP contribution is 2.32. The Morgan fingerprint density at radius 2 is 1.86 bits per heavy atom. The van der Waals surface area contributed by atoms with Gasteiger partial charge in [-0.25, -0.2) is 4.39 Å². The second-order valence-electron chi connectivity index (χ2n) is 5.44. The molecule has 0 bridgehead atoms. The first-order valence-electron chi connectivity index (χ1n) is 7.02. The fraction of sp³-hybridized carbons (Fsp3) is 0.294. The van der Waals surface area contributed by atoms with Gasteiger partial charge < -0.3 is 10.1 Å². The molecular formula is C17H18Cl2FNO. The SMILES string of the molecule is Cc1ccc(O[C@@H](c2ccc(Cl)c(F)c2)C2CNC2)cc1.Cl. The number of aryl methyl sites for hydroxylation is 1. The van der Waals surface area contributed by atoms with Crippen LogP contribution in [0.15, 0.2) is 42.5 Å². The minimum Gasteiger partial charge on any atom is -0.485 e. The summed E-state index contributed by atoms with van der Waals surface area (Å²) in [6, 6.07) is 12.8. The molecular weight excluding hydrogens is 324 g/mol. The molecule has 118 valence electrons. The predicted molar refractivity (Wildman–Crippen MR) is 89.6 cm³/mol. The lowest BCUT2D eigenvalue weighted by Gasteiger charge is -2.35. The molecule has 1 atom stereocenters. The van der Waals surface area contributed by atoms with Gasteiger partial charge in [-0.1, -0.05) is 35.4 Å². The highest BCUT2D eigenvalue weighted by Gasteiger charge is 2.30. The fourth-order valence-corrected chi connectivity index (χ4v) is 2.53. The van der Waals surface area contributed by atoms with Gasteiger partial charge in [-0.15, -0.1) is 12.4 Å². The van der Waals surface area contributed by atoms with Crippen molar-refractivity contribution in [2.45, 2.75) is 13.0 Å². The molecule has 3 rings (SSSR count). The number of hydrogen-bond acceptors (Lipinski definition) is 2. The van der Waals surface area contributed by atoms with Crippen molar-refractivity contribution in [3.8, 4) is 5.75 Å². The minimum absolute atomic E-state index is 0. The molecule has 0 aliphatic carbocycles. The van der Waals surface area contributed by atoms with Crippen LogP contribution in [0.25, 0.3) is 0 Å². The Balaban J connectivity index is 0.00000176. The van der Waals surface area contributed by atoms with E-state index in [0.29, 0.717) is 5.92 Å². The van der Waals surface area contributed by atoms with Crippen molar-refractivity contribution >= 4 is 24.0 Å². The number of nitrogens with one attached hydrogen (secondary N) is 1. The van der Waals surface area contributed by atoms with Gasteiger partial charge in [-0.2, -0.15) is 0 Å². The maximum atomic E-state index is 13.7. The van der Waals surface area contributed by atoms with E-state index in [2.05, 4.69) is 5.32 Å². The smallest absolute Gasteiger partial charge is 0.142 e. The van der Waals surface area contributed by atoms with E-state index in [9.17, 15) is 4.39 Å². The van der Waals surface area contributed by atoms with Crippen molar-refractivity contribution in [3.05, 3.63) is 64.4 Å². The van der Waals surface area contributed by atoms with E-state index in [0.717, 1.165) is 24.4 Å². The lowest BCUT2D eigenvalue weighted by molar-refractivity contribution is 0.0990. The molecule has 1 aliphatic heterocycles. The highest BCUT2D eigenvalue weighted by atomic mass is 35.5. The van der Waals surface area contributed by atoms with Crippen LogP contribution < -0.4 is 10.1 Å². The third-order valence-electron chi connectivity index (χ3n) is 3.80. The molecule has 2 nitrogen and oxygen atoms in total. The zero-order valence-electron chi connectivity index (χ0n) is 12.2. The van der Waals surface area contributed by atoms with E-state index in [1.54, 1.807) is 6.07 Å². The van der Waals surface area contributed by atoms with Gasteiger partial charge in [-0.05, 0) is 36.8 Å². The first kappa shape index (κ1) is 17.1. The maximum absolute atomic E-state index is 13.7. The number of halogens is 3. The molecule has 0 saturated carbocycles. The summed E-state index contributed by atoms with van der Waals surface area (Å²) in [5.74, 6) is 0.735. The van der Waals surface area contributed by atoms with Crippen LogP contribution in [0.2, 0.25) is 5.02 Å². The van der Waals surface area contributed by atoms with Crippen LogP contribution in [0.4, 0.5) is 4.39 Å². The Morgan fingerprint density at radius 1 is 1.18 bits per heavy atom. The Hall–Kier alpha value is -1.29. The molecule has 0 spiro atoms. The zero-order chi connectivity index (χ0) is 14.8. The first-order chi connectivity index (χ1) is 10.1. The van der Waals surface area contributed by atoms with Crippen molar-refractivity contribution < 1.29 is 9.13 Å². The van der Waals surface area contributed by atoms with Crippen molar-refractivity contribution in [3.63, 3.8) is 0 Å². The molecule has 22 heavy (non-hydrogen) atoms. The zero-order valence-corrected chi connectivity index (χ0v) is 13.8. The summed E-state index contributed by atoms with van der Waals surface area (Å²) in [4.78, 5) is 0. The van der Waals surface area contributed by atoms with Crippen LogP contribution in [0.1, 0.15) is 17.2 Å². The monoisotopic (exact) mass is 341 g/mol. The Bertz CT molecular complexity index is 629. The Kier molecular flexibility index (Phi) is 5.68. The van der Waals surface area contributed by atoms with Gasteiger partial charge >= 0.3 is 0 Å². The Labute approximate surface area is 141 Å². The lowest BCUT2D eigenvalue weighted by atomic mass is 9.90. The average Bonchev–Trinajstić information content (AvgIpc) is 2.41. The van der Waals surface area contributed by atoms with Crippen LogP contribution in [0, 0.1) is 18.7 Å². The Morgan fingerprint density at radius 3 is 2.41 bits per heavy atom. The summed E-state index contributed by atoms with van der Waals surface area (Å²) < 4.78 is 19.8. The van der Waals surface area contributed by atoms with E-state index >= 15 is 0 Å². The lowest BCUT2D eigenvalue weighted by Crippen LogP contribution is -2.46. The van der Waals surface area contributed by atoms with E-state index in [4.69, 9.17) is 16.3 Å². The summed E-state index contributed by atoms with van der Waals surface area (Å²) in [5.41, 5.74) is 2.01. The second kappa shape index (κ2) is 7.32. The normalized spacial score (nSPS) is 15.6. The van der Waals surface area contributed by atoms with Crippen molar-refractivity contribution in [2.24, 2.45) is 5.92 Å². The molecule has 1 aliphatic rings. The number of rotatable bonds is 4. The molecule has 0 aromatic heterocycles. The predicted octanol–water partition coefficient (Wildman–Crippen LogP) is 4.55. The van der Waals surface area contributed by atoms with Crippen molar-refractivity contribution in [1.29, 1.82) is 0 Å². The summed E-state index contributed by atoms with van der Waals surface area (Å²) in [6.07, 6.45) is -0.166. The summed E-state index contributed by atoms with van der Waals surface area (Å²) in [6.45, 7) is 3.78. The molecule has 1 heterocycles. The van der Waals surface area contributed by atoms with E-state index < -0.39 is 5.82 Å². The van der Waals surface area contributed by atoms with Gasteiger partial charge in [0.25, 0.3) is 0 Å². The van der Waals surface area contributed by atoms with E-state index in [1.165, 1.54) is 11.6 Å². The van der Waals surface area contributed by atoms with Crippen LogP contribution in [0.3, 0.4) is 0 Å². The van der Waals surface area contributed by atoms with Crippen LogP contribution in [0.5, 0.6) is 5.75 Å². The molecule has 2 aromatic carbocycles. The first-order valence-corrected chi connectivity index (χ1v) is 7.40. The number of ether oxygens (including phenoxy) is 1. The molecule has 1 fully saturated rings. The third-order valence-corrected chi connectivity index (χ3v) is 4.10. The summed E-state index contributed by atoms with van der Waals surface area (Å²) >= 11 is 5.76. The summed E-state index contributed by atoms with van der Waals surface area (Å²) in [7, 11) is 0.